The van der Waals surface area contributed by atoms with Crippen LogP contribution >= 0.6 is 11.6 Å². The molecule has 1 saturated heterocycles. The lowest BCUT2D eigenvalue weighted by Crippen LogP contribution is -2.26. The smallest absolute Gasteiger partial charge is 0.223 e. The molecule has 3 rings (SSSR count). The van der Waals surface area contributed by atoms with Gasteiger partial charge in [-0.25, -0.2) is 9.97 Å². The average Bonchev–Trinajstić information content (AvgIpc) is 2.87. The van der Waals surface area contributed by atoms with Gasteiger partial charge in [-0.2, -0.15) is 0 Å². The van der Waals surface area contributed by atoms with Crippen LogP contribution in [0.5, 0.6) is 0 Å². The summed E-state index contributed by atoms with van der Waals surface area (Å²) in [5.41, 5.74) is 3.21. The number of nitrogens with zero attached hydrogens (tertiary/aromatic N) is 3. The summed E-state index contributed by atoms with van der Waals surface area (Å²) in [6.07, 6.45) is 1.08. The monoisotopic (exact) mass is 302 g/mol. The minimum absolute atomic E-state index is 0.377. The van der Waals surface area contributed by atoms with E-state index in [0.29, 0.717) is 6.04 Å². The Morgan fingerprint density at radius 1 is 1.14 bits per heavy atom. The number of anilines is 2. The zero-order valence-electron chi connectivity index (χ0n) is 12.3. The lowest BCUT2D eigenvalue weighted by molar-refractivity contribution is 0.788. The Hall–Kier alpha value is -1.81. The summed E-state index contributed by atoms with van der Waals surface area (Å²) in [5.74, 6) is 0.732. The summed E-state index contributed by atoms with van der Waals surface area (Å²) >= 11 is 5.94. The number of rotatable bonds is 3. The van der Waals surface area contributed by atoms with Crippen LogP contribution in [0.2, 0.25) is 5.02 Å². The van der Waals surface area contributed by atoms with E-state index in [1.54, 1.807) is 0 Å². The summed E-state index contributed by atoms with van der Waals surface area (Å²) in [4.78, 5) is 11.3. The Morgan fingerprint density at radius 2 is 1.81 bits per heavy atom. The highest BCUT2D eigenvalue weighted by atomic mass is 35.5. The number of aryl methyl sites for hydroxylation is 2. The molecule has 0 bridgehead atoms. The van der Waals surface area contributed by atoms with Crippen molar-refractivity contribution in [1.29, 1.82) is 0 Å². The Bertz CT molecular complexity index is 606. The molecule has 1 aliphatic heterocycles. The molecule has 2 aromatic rings. The lowest BCUT2D eigenvalue weighted by atomic mass is 10.2. The molecule has 1 unspecified atom stereocenters. The fourth-order valence-electron chi connectivity index (χ4n) is 2.74. The summed E-state index contributed by atoms with van der Waals surface area (Å²) in [5, 5.41) is 4.22. The molecular weight excluding hydrogens is 284 g/mol. The standard InChI is InChI=1S/C16H19ClN4/c1-11-9-12(2)19-16(18-11)20-14-7-8-21(10-14)15-5-3-13(17)4-6-15/h3-6,9,14H,7-8,10H2,1-2H3,(H,18,19,20). The Balaban J connectivity index is 1.65. The normalized spacial score (nSPS) is 18.0. The number of hydrogen-bond donors (Lipinski definition) is 1. The second-order valence-corrected chi connectivity index (χ2v) is 5.96. The lowest BCUT2D eigenvalue weighted by Gasteiger charge is -2.19. The van der Waals surface area contributed by atoms with E-state index in [9.17, 15) is 0 Å². The van der Waals surface area contributed by atoms with Crippen molar-refractivity contribution in [3.63, 3.8) is 0 Å². The highest BCUT2D eigenvalue weighted by Crippen LogP contribution is 2.23. The number of benzene rings is 1. The van der Waals surface area contributed by atoms with Gasteiger partial charge in [-0.1, -0.05) is 11.6 Å². The fourth-order valence-corrected chi connectivity index (χ4v) is 2.86. The number of hydrogen-bond acceptors (Lipinski definition) is 4. The largest absolute Gasteiger partial charge is 0.369 e. The molecule has 1 N–H and O–H groups in total. The first-order valence-electron chi connectivity index (χ1n) is 7.19. The maximum Gasteiger partial charge on any atom is 0.223 e. The predicted molar refractivity (Wildman–Crippen MR) is 87.2 cm³/mol. The van der Waals surface area contributed by atoms with Gasteiger partial charge >= 0.3 is 0 Å². The minimum Gasteiger partial charge on any atom is -0.369 e. The highest BCUT2D eigenvalue weighted by molar-refractivity contribution is 6.30. The zero-order chi connectivity index (χ0) is 14.8. The molecule has 1 aromatic heterocycles. The molecule has 1 aromatic carbocycles. The topological polar surface area (TPSA) is 41.1 Å². The molecular formula is C16H19ClN4. The minimum atomic E-state index is 0.377. The van der Waals surface area contributed by atoms with Crippen LogP contribution in [0.4, 0.5) is 11.6 Å². The quantitative estimate of drug-likeness (QED) is 0.943. The number of nitrogens with one attached hydrogen (secondary N) is 1. The Kier molecular flexibility index (Phi) is 3.97. The van der Waals surface area contributed by atoms with E-state index in [4.69, 9.17) is 11.6 Å². The van der Waals surface area contributed by atoms with Gasteiger partial charge in [-0.3, -0.25) is 0 Å². The van der Waals surface area contributed by atoms with Crippen molar-refractivity contribution in [3.05, 3.63) is 46.7 Å². The van der Waals surface area contributed by atoms with Crippen molar-refractivity contribution in [3.8, 4) is 0 Å². The van der Waals surface area contributed by atoms with Crippen molar-refractivity contribution >= 4 is 23.2 Å². The van der Waals surface area contributed by atoms with E-state index in [-0.39, 0.29) is 0 Å². The van der Waals surface area contributed by atoms with E-state index < -0.39 is 0 Å². The van der Waals surface area contributed by atoms with Crippen molar-refractivity contribution < 1.29 is 0 Å². The Morgan fingerprint density at radius 3 is 2.48 bits per heavy atom. The molecule has 110 valence electrons. The van der Waals surface area contributed by atoms with E-state index in [1.165, 1.54) is 5.69 Å². The van der Waals surface area contributed by atoms with E-state index in [1.807, 2.05) is 32.0 Å². The average molecular weight is 303 g/mol. The van der Waals surface area contributed by atoms with Crippen LogP contribution in [-0.4, -0.2) is 29.1 Å². The van der Waals surface area contributed by atoms with Gasteiger partial charge in [0.15, 0.2) is 0 Å². The maximum atomic E-state index is 5.94. The summed E-state index contributed by atoms with van der Waals surface area (Å²) in [6.45, 7) is 5.98. The SMILES string of the molecule is Cc1cc(C)nc(NC2CCN(c3ccc(Cl)cc3)C2)n1. The van der Waals surface area contributed by atoms with Gasteiger partial charge < -0.3 is 10.2 Å². The molecule has 5 heteroatoms. The molecule has 4 nitrogen and oxygen atoms in total. The molecule has 0 radical (unpaired) electrons. The summed E-state index contributed by atoms with van der Waals surface area (Å²) in [7, 11) is 0. The second kappa shape index (κ2) is 5.90. The van der Waals surface area contributed by atoms with Crippen molar-refractivity contribution in [1.82, 2.24) is 9.97 Å². The highest BCUT2D eigenvalue weighted by Gasteiger charge is 2.23. The van der Waals surface area contributed by atoms with Gasteiger partial charge in [0.05, 0.1) is 0 Å². The second-order valence-electron chi connectivity index (χ2n) is 5.53. The molecule has 1 fully saturated rings. The molecule has 2 heterocycles. The van der Waals surface area contributed by atoms with Gasteiger partial charge in [0, 0.05) is 41.2 Å². The summed E-state index contributed by atoms with van der Waals surface area (Å²) < 4.78 is 0. The molecule has 0 aliphatic carbocycles. The van der Waals surface area contributed by atoms with Gasteiger partial charge in [-0.15, -0.1) is 0 Å². The van der Waals surface area contributed by atoms with E-state index >= 15 is 0 Å². The van der Waals surface area contributed by atoms with Crippen molar-refractivity contribution in [2.45, 2.75) is 26.3 Å². The van der Waals surface area contributed by atoms with Gasteiger partial charge in [0.2, 0.25) is 5.95 Å². The van der Waals surface area contributed by atoms with Crippen LogP contribution in [-0.2, 0) is 0 Å². The van der Waals surface area contributed by atoms with Crippen LogP contribution in [0.3, 0.4) is 0 Å². The van der Waals surface area contributed by atoms with Crippen LogP contribution in [0.15, 0.2) is 30.3 Å². The third-order valence-electron chi connectivity index (χ3n) is 3.70. The molecule has 0 amide bonds. The molecule has 21 heavy (non-hydrogen) atoms. The number of halogens is 1. The third-order valence-corrected chi connectivity index (χ3v) is 3.95. The molecule has 0 saturated carbocycles. The van der Waals surface area contributed by atoms with Crippen molar-refractivity contribution in [2.24, 2.45) is 0 Å². The first-order valence-corrected chi connectivity index (χ1v) is 7.57. The number of aromatic nitrogens is 2. The first-order chi connectivity index (χ1) is 10.1. The molecule has 1 aliphatic rings. The fraction of sp³-hybridized carbons (Fsp3) is 0.375. The summed E-state index contributed by atoms with van der Waals surface area (Å²) in [6, 6.07) is 10.4. The van der Waals surface area contributed by atoms with Crippen LogP contribution in [0.25, 0.3) is 0 Å². The van der Waals surface area contributed by atoms with Gasteiger partial charge in [-0.05, 0) is 50.6 Å². The van der Waals surface area contributed by atoms with E-state index in [0.717, 1.165) is 41.9 Å². The van der Waals surface area contributed by atoms with E-state index in [2.05, 4.69) is 32.3 Å². The van der Waals surface area contributed by atoms with Gasteiger partial charge in [0.1, 0.15) is 0 Å². The first kappa shape index (κ1) is 14.1. The van der Waals surface area contributed by atoms with Crippen LogP contribution < -0.4 is 10.2 Å². The molecule has 0 spiro atoms. The predicted octanol–water partition coefficient (Wildman–Crippen LogP) is 3.44. The zero-order valence-corrected chi connectivity index (χ0v) is 13.1. The van der Waals surface area contributed by atoms with Crippen molar-refractivity contribution in [2.75, 3.05) is 23.3 Å². The Labute approximate surface area is 130 Å². The van der Waals surface area contributed by atoms with Gasteiger partial charge in [0.25, 0.3) is 0 Å². The third kappa shape index (κ3) is 3.45. The maximum absolute atomic E-state index is 5.94. The van der Waals surface area contributed by atoms with Crippen LogP contribution in [0, 0.1) is 13.8 Å². The molecule has 1 atom stereocenters. The van der Waals surface area contributed by atoms with Crippen LogP contribution in [0.1, 0.15) is 17.8 Å².